The number of piperidine rings is 1. The molecule has 0 unspecified atom stereocenters. The summed E-state index contributed by atoms with van der Waals surface area (Å²) >= 11 is 0. The molecule has 0 aliphatic carbocycles. The van der Waals surface area contributed by atoms with Crippen molar-refractivity contribution in [3.05, 3.63) is 65.0 Å². The molecule has 7 nitrogen and oxygen atoms in total. The quantitative estimate of drug-likeness (QED) is 0.654. The van der Waals surface area contributed by atoms with E-state index in [1.165, 1.54) is 24.4 Å². The lowest BCUT2D eigenvalue weighted by atomic mass is 9.96. The van der Waals surface area contributed by atoms with Gasteiger partial charge in [0.25, 0.3) is 5.56 Å². The molecule has 0 spiro atoms. The smallest absolute Gasteiger partial charge is 0.253 e. The maximum Gasteiger partial charge on any atom is 0.253 e. The number of fused-ring (bicyclic) bond motifs is 1. The van der Waals surface area contributed by atoms with Gasteiger partial charge in [0.15, 0.2) is 0 Å². The summed E-state index contributed by atoms with van der Waals surface area (Å²) in [5.41, 5.74) is 2.77. The highest BCUT2D eigenvalue weighted by Gasteiger charge is 2.21. The van der Waals surface area contributed by atoms with Crippen LogP contribution in [0.25, 0.3) is 11.3 Å². The number of hydrogen-bond donors (Lipinski definition) is 0. The van der Waals surface area contributed by atoms with Crippen LogP contribution in [-0.4, -0.2) is 42.1 Å². The highest BCUT2D eigenvalue weighted by atomic mass is 16.1. The van der Waals surface area contributed by atoms with Gasteiger partial charge in [-0.3, -0.25) is 19.2 Å². The minimum atomic E-state index is 0.00914. The number of rotatable bonds is 5. The molecule has 0 N–H and O–H groups in total. The second kappa shape index (κ2) is 8.52. The Morgan fingerprint density at radius 1 is 1.13 bits per heavy atom. The van der Waals surface area contributed by atoms with Gasteiger partial charge in [0.05, 0.1) is 17.7 Å². The molecule has 5 rings (SSSR count). The van der Waals surface area contributed by atoms with E-state index in [4.69, 9.17) is 4.98 Å². The van der Waals surface area contributed by atoms with Crippen LogP contribution in [-0.2, 0) is 26.1 Å². The molecule has 2 aliphatic rings. The van der Waals surface area contributed by atoms with Gasteiger partial charge in [-0.2, -0.15) is 0 Å². The van der Waals surface area contributed by atoms with E-state index in [1.807, 2.05) is 12.1 Å². The van der Waals surface area contributed by atoms with Gasteiger partial charge in [-0.25, -0.2) is 9.97 Å². The van der Waals surface area contributed by atoms with Crippen LogP contribution in [0.3, 0.4) is 0 Å². The van der Waals surface area contributed by atoms with Crippen molar-refractivity contribution >= 4 is 0 Å². The van der Waals surface area contributed by atoms with Gasteiger partial charge in [0, 0.05) is 56.3 Å². The summed E-state index contributed by atoms with van der Waals surface area (Å²) in [6, 6.07) is 5.40. The predicted molar refractivity (Wildman–Crippen MR) is 115 cm³/mol. The van der Waals surface area contributed by atoms with Crippen LogP contribution in [0, 0.1) is 5.92 Å². The molecule has 0 radical (unpaired) electrons. The van der Waals surface area contributed by atoms with E-state index in [0.29, 0.717) is 11.6 Å². The average molecular weight is 405 g/mol. The standard InChI is InChI=1S/C23H28N6O/c30-23-12-21(19-4-3-8-24-13-19)25-17-29(23)14-18-6-10-27(11-7-18)15-20-16-28-9-2-1-5-22(28)26-20/h3-4,8,12-13,16-18H,1-2,5-7,9-11,14-15H2. The Labute approximate surface area is 176 Å². The summed E-state index contributed by atoms with van der Waals surface area (Å²) in [5.74, 6) is 1.77. The zero-order chi connectivity index (χ0) is 20.3. The van der Waals surface area contributed by atoms with Crippen molar-refractivity contribution in [2.75, 3.05) is 13.1 Å². The van der Waals surface area contributed by atoms with Crippen LogP contribution in [0.5, 0.6) is 0 Å². The summed E-state index contributed by atoms with van der Waals surface area (Å²) in [6.07, 6.45) is 13.2. The lowest BCUT2D eigenvalue weighted by molar-refractivity contribution is 0.165. The first-order chi connectivity index (χ1) is 14.7. The van der Waals surface area contributed by atoms with E-state index in [-0.39, 0.29) is 5.56 Å². The summed E-state index contributed by atoms with van der Waals surface area (Å²) < 4.78 is 4.09. The monoisotopic (exact) mass is 404 g/mol. The molecule has 3 aromatic heterocycles. The maximum atomic E-state index is 12.6. The number of pyridine rings is 1. The molecular weight excluding hydrogens is 376 g/mol. The molecule has 0 aromatic carbocycles. The van der Waals surface area contributed by atoms with E-state index in [1.54, 1.807) is 29.4 Å². The van der Waals surface area contributed by atoms with Crippen LogP contribution in [0.1, 0.15) is 37.2 Å². The van der Waals surface area contributed by atoms with E-state index in [2.05, 4.69) is 25.6 Å². The van der Waals surface area contributed by atoms with E-state index in [9.17, 15) is 4.79 Å². The Morgan fingerprint density at radius 3 is 2.80 bits per heavy atom. The first-order valence-corrected chi connectivity index (χ1v) is 11.0. The number of aromatic nitrogens is 5. The molecule has 156 valence electrons. The molecule has 0 amide bonds. The summed E-state index contributed by atoms with van der Waals surface area (Å²) in [7, 11) is 0. The number of likely N-dealkylation sites (tertiary alicyclic amines) is 1. The van der Waals surface area contributed by atoms with E-state index in [0.717, 1.165) is 57.5 Å². The van der Waals surface area contributed by atoms with Gasteiger partial charge in [-0.1, -0.05) is 0 Å². The molecule has 3 aromatic rings. The Balaban J connectivity index is 1.16. The second-order valence-corrected chi connectivity index (χ2v) is 8.52. The number of aryl methyl sites for hydroxylation is 2. The normalized spacial score (nSPS) is 17.7. The average Bonchev–Trinajstić information content (AvgIpc) is 3.19. The topological polar surface area (TPSA) is 68.8 Å². The van der Waals surface area contributed by atoms with Gasteiger partial charge in [-0.15, -0.1) is 0 Å². The van der Waals surface area contributed by atoms with Crippen LogP contribution in [0.4, 0.5) is 0 Å². The number of nitrogens with zero attached hydrogens (tertiary/aromatic N) is 6. The number of hydrogen-bond acceptors (Lipinski definition) is 5. The highest BCUT2D eigenvalue weighted by Crippen LogP contribution is 2.22. The third-order valence-electron chi connectivity index (χ3n) is 6.34. The Morgan fingerprint density at radius 2 is 2.03 bits per heavy atom. The van der Waals surface area contributed by atoms with Crippen molar-refractivity contribution in [3.63, 3.8) is 0 Å². The van der Waals surface area contributed by atoms with Crippen LogP contribution < -0.4 is 5.56 Å². The molecule has 5 heterocycles. The highest BCUT2D eigenvalue weighted by molar-refractivity contribution is 5.56. The molecule has 1 fully saturated rings. The van der Waals surface area contributed by atoms with Crippen LogP contribution in [0.15, 0.2) is 47.9 Å². The summed E-state index contributed by atoms with van der Waals surface area (Å²) in [5, 5.41) is 0. The van der Waals surface area contributed by atoms with Gasteiger partial charge < -0.3 is 4.57 Å². The van der Waals surface area contributed by atoms with Crippen molar-refractivity contribution < 1.29 is 0 Å². The molecule has 7 heteroatoms. The molecular formula is C23H28N6O. The maximum absolute atomic E-state index is 12.6. The van der Waals surface area contributed by atoms with E-state index >= 15 is 0 Å². The van der Waals surface area contributed by atoms with Gasteiger partial charge in [-0.05, 0) is 56.8 Å². The van der Waals surface area contributed by atoms with Crippen molar-refractivity contribution in [2.45, 2.75) is 51.7 Å². The van der Waals surface area contributed by atoms with Gasteiger partial charge in [0.1, 0.15) is 5.82 Å². The largest absolute Gasteiger partial charge is 0.335 e. The van der Waals surface area contributed by atoms with Crippen molar-refractivity contribution in [2.24, 2.45) is 5.92 Å². The minimum absolute atomic E-state index is 0.00914. The molecule has 0 atom stereocenters. The number of imidazole rings is 1. The molecule has 1 saturated heterocycles. The SMILES string of the molecule is O=c1cc(-c2cccnc2)ncn1CC1CCN(Cc2cn3c(n2)CCCC3)CC1. The zero-order valence-corrected chi connectivity index (χ0v) is 17.3. The Hall–Kier alpha value is -2.80. The minimum Gasteiger partial charge on any atom is -0.335 e. The van der Waals surface area contributed by atoms with Gasteiger partial charge in [0.2, 0.25) is 0 Å². The Bertz CT molecular complexity index is 1030. The fourth-order valence-electron chi connectivity index (χ4n) is 4.62. The fourth-order valence-corrected chi connectivity index (χ4v) is 4.62. The van der Waals surface area contributed by atoms with Gasteiger partial charge >= 0.3 is 0 Å². The summed E-state index contributed by atoms with van der Waals surface area (Å²) in [4.78, 5) is 28.5. The first kappa shape index (κ1) is 19.2. The Kier molecular flexibility index (Phi) is 5.45. The molecule has 2 aliphatic heterocycles. The first-order valence-electron chi connectivity index (χ1n) is 11.0. The fraction of sp³-hybridized carbons (Fsp3) is 0.478. The van der Waals surface area contributed by atoms with Crippen molar-refractivity contribution in [1.82, 2.24) is 29.0 Å². The molecule has 30 heavy (non-hydrogen) atoms. The second-order valence-electron chi connectivity index (χ2n) is 8.52. The molecule has 0 saturated carbocycles. The molecule has 0 bridgehead atoms. The third-order valence-corrected chi connectivity index (χ3v) is 6.34. The van der Waals surface area contributed by atoms with E-state index < -0.39 is 0 Å². The van der Waals surface area contributed by atoms with Crippen molar-refractivity contribution in [3.8, 4) is 11.3 Å². The zero-order valence-electron chi connectivity index (χ0n) is 17.3. The lowest BCUT2D eigenvalue weighted by Gasteiger charge is -2.31. The van der Waals surface area contributed by atoms with Crippen molar-refractivity contribution in [1.29, 1.82) is 0 Å². The van der Waals surface area contributed by atoms with Crippen LogP contribution in [0.2, 0.25) is 0 Å². The predicted octanol–water partition coefficient (Wildman–Crippen LogP) is 2.75. The third kappa shape index (κ3) is 4.21. The summed E-state index contributed by atoms with van der Waals surface area (Å²) in [6.45, 7) is 4.91. The van der Waals surface area contributed by atoms with Crippen LogP contribution >= 0.6 is 0 Å². The lowest BCUT2D eigenvalue weighted by Crippen LogP contribution is -2.36.